The van der Waals surface area contributed by atoms with Gasteiger partial charge in [0.15, 0.2) is 5.13 Å². The van der Waals surface area contributed by atoms with Crippen molar-refractivity contribution in [3.05, 3.63) is 40.4 Å². The van der Waals surface area contributed by atoms with E-state index in [1.807, 2.05) is 0 Å². The van der Waals surface area contributed by atoms with Gasteiger partial charge >= 0.3 is 5.97 Å². The molecule has 1 aromatic heterocycles. The van der Waals surface area contributed by atoms with Gasteiger partial charge in [-0.05, 0) is 50.5 Å². The first-order valence-corrected chi connectivity index (χ1v) is 11.6. The molecule has 1 aliphatic rings. The second-order valence-electron chi connectivity index (χ2n) is 6.86. The molecule has 0 atom stereocenters. The molecule has 1 aliphatic heterocycles. The summed E-state index contributed by atoms with van der Waals surface area (Å²) in [6.07, 6.45) is 3.13. The van der Waals surface area contributed by atoms with Crippen LogP contribution in [0.2, 0.25) is 0 Å². The number of carbonyl (C=O) groups excluding carboxylic acids is 1. The number of nitrogens with one attached hydrogen (secondary N) is 1. The number of aliphatic carboxylic acids is 1. The standard InChI is InChI=1S/C19H23N3O5S2/c1-13-16(9-10-17(23)24)28-19(20-13)21-18(25)14-5-7-15(8-6-14)29(26,27)22-11-3-2-4-12-22/h5-8H,2-4,9-12H2,1H3,(H,23,24)(H,20,21,25). The smallest absolute Gasteiger partial charge is 0.303 e. The van der Waals surface area contributed by atoms with Crippen molar-refractivity contribution in [3.63, 3.8) is 0 Å². The average Bonchev–Trinajstić information content (AvgIpc) is 3.06. The molecule has 2 aromatic rings. The molecular weight excluding hydrogens is 414 g/mol. The van der Waals surface area contributed by atoms with Crippen LogP contribution >= 0.6 is 11.3 Å². The number of rotatable bonds is 7. The zero-order valence-electron chi connectivity index (χ0n) is 16.1. The van der Waals surface area contributed by atoms with Gasteiger partial charge in [-0.3, -0.25) is 14.9 Å². The van der Waals surface area contributed by atoms with E-state index < -0.39 is 21.9 Å². The fourth-order valence-electron chi connectivity index (χ4n) is 3.14. The Morgan fingerprint density at radius 3 is 2.45 bits per heavy atom. The number of sulfonamides is 1. The van der Waals surface area contributed by atoms with Crippen molar-refractivity contribution >= 4 is 38.4 Å². The molecule has 10 heteroatoms. The number of aromatic nitrogens is 1. The van der Waals surface area contributed by atoms with Gasteiger partial charge in [0.05, 0.1) is 17.0 Å². The van der Waals surface area contributed by atoms with E-state index in [4.69, 9.17) is 5.11 Å². The van der Waals surface area contributed by atoms with Gasteiger partial charge in [-0.25, -0.2) is 13.4 Å². The number of amides is 1. The normalized spacial score (nSPS) is 15.2. The Kier molecular flexibility index (Phi) is 6.66. The molecule has 0 saturated carbocycles. The lowest BCUT2D eigenvalue weighted by molar-refractivity contribution is -0.136. The third kappa shape index (κ3) is 5.20. The molecule has 1 aromatic carbocycles. The van der Waals surface area contributed by atoms with Crippen LogP contribution in [-0.2, 0) is 21.2 Å². The van der Waals surface area contributed by atoms with E-state index in [1.54, 1.807) is 6.92 Å². The van der Waals surface area contributed by atoms with Crippen LogP contribution in [-0.4, -0.2) is 47.8 Å². The first-order chi connectivity index (χ1) is 13.8. The topological polar surface area (TPSA) is 117 Å². The van der Waals surface area contributed by atoms with E-state index >= 15 is 0 Å². The minimum absolute atomic E-state index is 0.00335. The lowest BCUT2D eigenvalue weighted by Gasteiger charge is -2.25. The highest BCUT2D eigenvalue weighted by Crippen LogP contribution is 2.25. The molecule has 1 fully saturated rings. The zero-order valence-corrected chi connectivity index (χ0v) is 17.7. The van der Waals surface area contributed by atoms with Crippen LogP contribution in [0, 0.1) is 6.92 Å². The highest BCUT2D eigenvalue weighted by atomic mass is 32.2. The Morgan fingerprint density at radius 2 is 1.83 bits per heavy atom. The van der Waals surface area contributed by atoms with Crippen molar-refractivity contribution in [2.24, 2.45) is 0 Å². The minimum atomic E-state index is -3.54. The zero-order chi connectivity index (χ0) is 21.0. The van der Waals surface area contributed by atoms with Gasteiger partial charge in [0, 0.05) is 23.5 Å². The molecule has 1 amide bonds. The summed E-state index contributed by atoms with van der Waals surface area (Å²) in [5.41, 5.74) is 1.01. The van der Waals surface area contributed by atoms with E-state index in [-0.39, 0.29) is 11.3 Å². The summed E-state index contributed by atoms with van der Waals surface area (Å²) in [5.74, 6) is -1.28. The SMILES string of the molecule is Cc1nc(NC(=O)c2ccc(S(=O)(=O)N3CCCCC3)cc2)sc1CCC(=O)O. The maximum Gasteiger partial charge on any atom is 0.303 e. The summed E-state index contributed by atoms with van der Waals surface area (Å²) in [6, 6.07) is 5.87. The summed E-state index contributed by atoms with van der Waals surface area (Å²) in [6.45, 7) is 2.82. The Labute approximate surface area is 173 Å². The van der Waals surface area contributed by atoms with Crippen LogP contribution < -0.4 is 5.32 Å². The summed E-state index contributed by atoms with van der Waals surface area (Å²) < 4.78 is 26.9. The van der Waals surface area contributed by atoms with Crippen LogP contribution in [0.1, 0.15) is 46.6 Å². The molecule has 0 bridgehead atoms. The predicted molar refractivity (Wildman–Crippen MR) is 110 cm³/mol. The van der Waals surface area contributed by atoms with Gasteiger partial charge in [-0.2, -0.15) is 4.31 Å². The van der Waals surface area contributed by atoms with Gasteiger partial charge in [-0.15, -0.1) is 11.3 Å². The van der Waals surface area contributed by atoms with E-state index in [2.05, 4.69) is 10.3 Å². The van der Waals surface area contributed by atoms with E-state index in [1.165, 1.54) is 39.9 Å². The molecule has 0 unspecified atom stereocenters. The van der Waals surface area contributed by atoms with Crippen molar-refractivity contribution in [2.45, 2.75) is 43.9 Å². The molecule has 0 spiro atoms. The van der Waals surface area contributed by atoms with Gasteiger partial charge in [0.1, 0.15) is 0 Å². The number of thiazole rings is 1. The highest BCUT2D eigenvalue weighted by Gasteiger charge is 2.26. The highest BCUT2D eigenvalue weighted by molar-refractivity contribution is 7.89. The number of nitrogens with zero attached hydrogens (tertiary/aromatic N) is 2. The van der Waals surface area contributed by atoms with Crippen molar-refractivity contribution in [1.82, 2.24) is 9.29 Å². The fourth-order valence-corrected chi connectivity index (χ4v) is 5.61. The Hall–Kier alpha value is -2.30. The summed E-state index contributed by atoms with van der Waals surface area (Å²) in [7, 11) is -3.54. The van der Waals surface area contributed by atoms with Gasteiger partial charge in [0.25, 0.3) is 5.91 Å². The predicted octanol–water partition coefficient (Wildman–Crippen LogP) is 2.90. The number of aryl methyl sites for hydroxylation is 2. The molecule has 156 valence electrons. The molecular formula is C19H23N3O5S2. The van der Waals surface area contributed by atoms with Crippen LogP contribution in [0.15, 0.2) is 29.2 Å². The Bertz CT molecular complexity index is 993. The number of carboxylic acid groups (broad SMARTS) is 1. The molecule has 2 N–H and O–H groups in total. The van der Waals surface area contributed by atoms with E-state index in [0.717, 1.165) is 24.1 Å². The molecule has 3 rings (SSSR count). The van der Waals surface area contributed by atoms with Crippen LogP contribution in [0.5, 0.6) is 0 Å². The largest absolute Gasteiger partial charge is 0.481 e. The molecule has 8 nitrogen and oxygen atoms in total. The second kappa shape index (κ2) is 9.02. The number of carboxylic acids is 1. The lowest BCUT2D eigenvalue weighted by Crippen LogP contribution is -2.35. The fraction of sp³-hybridized carbons (Fsp3) is 0.421. The third-order valence-corrected chi connectivity index (χ3v) is 7.79. The first-order valence-electron chi connectivity index (χ1n) is 9.37. The number of piperidine rings is 1. The third-order valence-electron chi connectivity index (χ3n) is 4.75. The van der Waals surface area contributed by atoms with Crippen LogP contribution in [0.4, 0.5) is 5.13 Å². The second-order valence-corrected chi connectivity index (χ2v) is 9.89. The minimum Gasteiger partial charge on any atom is -0.481 e. The molecule has 0 radical (unpaired) electrons. The summed E-state index contributed by atoms with van der Waals surface area (Å²) in [5, 5.41) is 11.9. The number of carbonyl (C=O) groups is 2. The number of benzene rings is 1. The van der Waals surface area contributed by atoms with Crippen molar-refractivity contribution in [3.8, 4) is 0 Å². The van der Waals surface area contributed by atoms with E-state index in [0.29, 0.717) is 35.9 Å². The summed E-state index contributed by atoms with van der Waals surface area (Å²) >= 11 is 1.24. The summed E-state index contributed by atoms with van der Waals surface area (Å²) in [4.78, 5) is 28.4. The maximum absolute atomic E-state index is 12.7. The molecule has 0 aliphatic carbocycles. The Morgan fingerprint density at radius 1 is 1.17 bits per heavy atom. The van der Waals surface area contributed by atoms with Gasteiger partial charge in [-0.1, -0.05) is 6.42 Å². The average molecular weight is 438 g/mol. The van der Waals surface area contributed by atoms with Crippen LogP contribution in [0.25, 0.3) is 0 Å². The quantitative estimate of drug-likeness (QED) is 0.688. The molecule has 29 heavy (non-hydrogen) atoms. The number of hydrogen-bond acceptors (Lipinski definition) is 6. The maximum atomic E-state index is 12.7. The Balaban J connectivity index is 1.68. The van der Waals surface area contributed by atoms with Gasteiger partial charge < -0.3 is 5.11 Å². The van der Waals surface area contributed by atoms with Crippen molar-refractivity contribution in [2.75, 3.05) is 18.4 Å². The molecule has 2 heterocycles. The van der Waals surface area contributed by atoms with Crippen LogP contribution in [0.3, 0.4) is 0 Å². The van der Waals surface area contributed by atoms with Crippen molar-refractivity contribution in [1.29, 1.82) is 0 Å². The molecule has 1 saturated heterocycles. The number of anilines is 1. The lowest BCUT2D eigenvalue weighted by atomic mass is 10.2. The number of hydrogen-bond donors (Lipinski definition) is 2. The van der Waals surface area contributed by atoms with E-state index in [9.17, 15) is 18.0 Å². The first kappa shape index (κ1) is 21.4. The van der Waals surface area contributed by atoms with Gasteiger partial charge in [0.2, 0.25) is 10.0 Å². The monoisotopic (exact) mass is 437 g/mol. The van der Waals surface area contributed by atoms with Crippen molar-refractivity contribution < 1.29 is 23.1 Å².